The molecule has 0 saturated heterocycles. The van der Waals surface area contributed by atoms with Crippen molar-refractivity contribution >= 4 is 27.8 Å². The van der Waals surface area contributed by atoms with E-state index < -0.39 is 0 Å². The molecular formula is C10H13N3S2. The van der Waals surface area contributed by atoms with E-state index in [1.165, 1.54) is 4.88 Å². The van der Waals surface area contributed by atoms with Crippen molar-refractivity contribution in [2.75, 3.05) is 5.32 Å². The maximum Gasteiger partial charge on any atom is 0.183 e. The summed E-state index contributed by atoms with van der Waals surface area (Å²) in [5.74, 6) is 0. The quantitative estimate of drug-likeness (QED) is 0.892. The highest BCUT2D eigenvalue weighted by Crippen LogP contribution is 2.30. The molecule has 0 amide bonds. The van der Waals surface area contributed by atoms with Crippen molar-refractivity contribution in [1.29, 1.82) is 0 Å². The first-order valence-electron chi connectivity index (χ1n) is 4.79. The molecule has 0 atom stereocenters. The summed E-state index contributed by atoms with van der Waals surface area (Å²) in [5, 5.41) is 6.35. The van der Waals surface area contributed by atoms with E-state index in [0.717, 1.165) is 16.5 Å². The van der Waals surface area contributed by atoms with Gasteiger partial charge in [-0.3, -0.25) is 0 Å². The van der Waals surface area contributed by atoms with Crippen LogP contribution in [0.2, 0.25) is 0 Å². The number of hydrogen-bond donors (Lipinski definition) is 1. The minimum Gasteiger partial charge on any atom is -0.359 e. The first-order valence-corrected chi connectivity index (χ1v) is 6.55. The molecule has 5 heteroatoms. The molecule has 0 aromatic carbocycles. The molecule has 1 N–H and O–H groups in total. The molecule has 80 valence electrons. The van der Waals surface area contributed by atoms with Gasteiger partial charge in [-0.25, -0.2) is 9.97 Å². The summed E-state index contributed by atoms with van der Waals surface area (Å²) in [7, 11) is 0. The smallest absolute Gasteiger partial charge is 0.183 e. The Morgan fingerprint density at radius 1 is 1.33 bits per heavy atom. The number of anilines is 1. The molecule has 3 nitrogen and oxygen atoms in total. The molecule has 0 fully saturated rings. The lowest BCUT2D eigenvalue weighted by Gasteiger charge is -2.04. The Hall–Kier alpha value is -0.940. The van der Waals surface area contributed by atoms with Crippen LogP contribution >= 0.6 is 22.7 Å². The fourth-order valence-corrected chi connectivity index (χ4v) is 2.93. The third-order valence-corrected chi connectivity index (χ3v) is 3.62. The van der Waals surface area contributed by atoms with Crippen molar-refractivity contribution in [1.82, 2.24) is 9.97 Å². The van der Waals surface area contributed by atoms with Gasteiger partial charge in [0, 0.05) is 11.4 Å². The van der Waals surface area contributed by atoms with Crippen molar-refractivity contribution in [3.8, 4) is 10.6 Å². The highest BCUT2D eigenvalue weighted by molar-refractivity contribution is 7.15. The van der Waals surface area contributed by atoms with Crippen LogP contribution in [0.5, 0.6) is 0 Å². The predicted molar refractivity (Wildman–Crippen MR) is 66.7 cm³/mol. The fraction of sp³-hybridized carbons (Fsp3) is 0.400. The molecule has 2 aromatic rings. The van der Waals surface area contributed by atoms with E-state index in [1.54, 1.807) is 22.7 Å². The van der Waals surface area contributed by atoms with Gasteiger partial charge in [0.05, 0.1) is 21.8 Å². The summed E-state index contributed by atoms with van der Waals surface area (Å²) >= 11 is 3.28. The molecule has 0 aliphatic rings. The Bertz CT molecular complexity index is 445. The second-order valence-electron chi connectivity index (χ2n) is 3.60. The summed E-state index contributed by atoms with van der Waals surface area (Å²) < 4.78 is 0. The van der Waals surface area contributed by atoms with Crippen LogP contribution in [0.25, 0.3) is 10.6 Å². The van der Waals surface area contributed by atoms with Crippen molar-refractivity contribution in [3.63, 3.8) is 0 Å². The second-order valence-corrected chi connectivity index (χ2v) is 5.32. The number of thiazole rings is 2. The largest absolute Gasteiger partial charge is 0.359 e. The summed E-state index contributed by atoms with van der Waals surface area (Å²) in [6.07, 6.45) is 0. The van der Waals surface area contributed by atoms with Gasteiger partial charge in [0.25, 0.3) is 0 Å². The molecule has 2 heterocycles. The maximum atomic E-state index is 4.53. The average molecular weight is 239 g/mol. The number of hydrogen-bond acceptors (Lipinski definition) is 5. The summed E-state index contributed by atoms with van der Waals surface area (Å²) in [5.41, 5.74) is 3.95. The molecule has 0 radical (unpaired) electrons. The number of nitrogens with zero attached hydrogens (tertiary/aromatic N) is 2. The summed E-state index contributed by atoms with van der Waals surface area (Å²) in [4.78, 5) is 9.93. The number of aromatic nitrogens is 2. The minimum absolute atomic E-state index is 0.423. The molecule has 0 aliphatic carbocycles. The van der Waals surface area contributed by atoms with E-state index >= 15 is 0 Å². The normalized spacial score (nSPS) is 10.9. The van der Waals surface area contributed by atoms with Crippen molar-refractivity contribution in [2.24, 2.45) is 0 Å². The molecule has 0 spiro atoms. The number of aryl methyl sites for hydroxylation is 1. The van der Waals surface area contributed by atoms with Gasteiger partial charge in [0.15, 0.2) is 5.13 Å². The zero-order valence-corrected chi connectivity index (χ0v) is 10.6. The van der Waals surface area contributed by atoms with E-state index in [4.69, 9.17) is 0 Å². The van der Waals surface area contributed by atoms with E-state index in [1.807, 2.05) is 12.4 Å². The van der Waals surface area contributed by atoms with E-state index in [2.05, 4.69) is 34.5 Å². The van der Waals surface area contributed by atoms with Gasteiger partial charge in [0.2, 0.25) is 0 Å². The topological polar surface area (TPSA) is 37.8 Å². The minimum atomic E-state index is 0.423. The fourth-order valence-electron chi connectivity index (χ4n) is 1.24. The Morgan fingerprint density at radius 3 is 2.73 bits per heavy atom. The molecule has 15 heavy (non-hydrogen) atoms. The Labute approximate surface area is 97.2 Å². The van der Waals surface area contributed by atoms with E-state index in [0.29, 0.717) is 6.04 Å². The third-order valence-electron chi connectivity index (χ3n) is 1.89. The monoisotopic (exact) mass is 239 g/mol. The van der Waals surface area contributed by atoms with E-state index in [9.17, 15) is 0 Å². The summed E-state index contributed by atoms with van der Waals surface area (Å²) in [6.45, 7) is 6.23. The summed E-state index contributed by atoms with van der Waals surface area (Å²) in [6, 6.07) is 0.423. The predicted octanol–water partition coefficient (Wildman–Crippen LogP) is 3.40. The first kappa shape index (κ1) is 10.6. The second kappa shape index (κ2) is 4.28. The van der Waals surface area contributed by atoms with Crippen LogP contribution in [0.3, 0.4) is 0 Å². The third kappa shape index (κ3) is 2.35. The van der Waals surface area contributed by atoms with Crippen molar-refractivity contribution in [2.45, 2.75) is 26.8 Å². The highest BCUT2D eigenvalue weighted by atomic mass is 32.1. The van der Waals surface area contributed by atoms with Gasteiger partial charge < -0.3 is 5.32 Å². The molecule has 0 aliphatic heterocycles. The average Bonchev–Trinajstić information content (AvgIpc) is 2.72. The van der Waals surface area contributed by atoms with Crippen LogP contribution in [0.15, 0.2) is 10.9 Å². The van der Waals surface area contributed by atoms with Crippen LogP contribution in [0, 0.1) is 6.92 Å². The maximum absolute atomic E-state index is 4.53. The zero-order chi connectivity index (χ0) is 10.8. The Morgan fingerprint density at radius 2 is 2.13 bits per heavy atom. The van der Waals surface area contributed by atoms with Gasteiger partial charge in [-0.05, 0) is 20.8 Å². The van der Waals surface area contributed by atoms with Crippen LogP contribution < -0.4 is 5.32 Å². The molecule has 2 rings (SSSR count). The lowest BCUT2D eigenvalue weighted by molar-refractivity contribution is 0.897. The number of nitrogens with one attached hydrogen (secondary N) is 1. The number of rotatable bonds is 3. The van der Waals surface area contributed by atoms with Crippen molar-refractivity contribution < 1.29 is 0 Å². The highest BCUT2D eigenvalue weighted by Gasteiger charge is 2.09. The SMILES string of the molecule is Cc1ncsc1-c1csc(NC(C)C)n1. The van der Waals surface area contributed by atoms with E-state index in [-0.39, 0.29) is 0 Å². The first-order chi connectivity index (χ1) is 7.16. The lowest BCUT2D eigenvalue weighted by Crippen LogP contribution is -2.08. The molecule has 0 unspecified atom stereocenters. The van der Waals surface area contributed by atoms with Crippen LogP contribution in [0.1, 0.15) is 19.5 Å². The molecule has 0 saturated carbocycles. The molecule has 2 aromatic heterocycles. The van der Waals surface area contributed by atoms with Crippen LogP contribution in [-0.4, -0.2) is 16.0 Å². The lowest BCUT2D eigenvalue weighted by atomic mass is 10.3. The zero-order valence-electron chi connectivity index (χ0n) is 8.94. The van der Waals surface area contributed by atoms with Gasteiger partial charge >= 0.3 is 0 Å². The van der Waals surface area contributed by atoms with Crippen LogP contribution in [0.4, 0.5) is 5.13 Å². The van der Waals surface area contributed by atoms with Crippen LogP contribution in [-0.2, 0) is 0 Å². The molecular weight excluding hydrogens is 226 g/mol. The Kier molecular flexibility index (Phi) is 3.02. The molecule has 0 bridgehead atoms. The van der Waals surface area contributed by atoms with Crippen molar-refractivity contribution in [3.05, 3.63) is 16.6 Å². The van der Waals surface area contributed by atoms with Gasteiger partial charge in [-0.1, -0.05) is 0 Å². The standard InChI is InChI=1S/C10H13N3S2/c1-6(2)12-10-13-8(4-14-10)9-7(3)11-5-15-9/h4-6H,1-3H3,(H,12,13). The van der Waals surface area contributed by atoms with Gasteiger partial charge in [0.1, 0.15) is 0 Å². The Balaban J connectivity index is 2.24. The van der Waals surface area contributed by atoms with Gasteiger partial charge in [-0.15, -0.1) is 22.7 Å². The van der Waals surface area contributed by atoms with Gasteiger partial charge in [-0.2, -0.15) is 0 Å².